The molecule has 1 aliphatic rings. The molecule has 1 fully saturated rings. The van der Waals surface area contributed by atoms with Gasteiger partial charge in [-0.05, 0) is 24.3 Å². The fourth-order valence-electron chi connectivity index (χ4n) is 3.09. The fourth-order valence-corrected chi connectivity index (χ4v) is 3.09. The second kappa shape index (κ2) is 8.67. The molecule has 0 spiro atoms. The Morgan fingerprint density at radius 3 is 2.57 bits per heavy atom. The van der Waals surface area contributed by atoms with Crippen molar-refractivity contribution < 1.29 is 4.79 Å². The number of halogens is 1. The monoisotopic (exact) mass is 339 g/mol. The summed E-state index contributed by atoms with van der Waals surface area (Å²) in [5.74, 6) is 0.206. The summed E-state index contributed by atoms with van der Waals surface area (Å²) in [7, 11) is 0. The van der Waals surface area contributed by atoms with Crippen molar-refractivity contribution in [1.82, 2.24) is 9.80 Å². The van der Waals surface area contributed by atoms with Crippen LogP contribution < -0.4 is 5.73 Å². The SMILES string of the molecule is CCN(Cc1ccccc1)C(=O)CN1CCC(N)C(C)(C)C1.Cl. The molecule has 0 bridgehead atoms. The largest absolute Gasteiger partial charge is 0.338 e. The number of carbonyl (C=O) groups excluding carboxylic acids is 1. The van der Waals surface area contributed by atoms with E-state index in [0.717, 1.165) is 26.1 Å². The molecule has 1 aromatic carbocycles. The van der Waals surface area contributed by atoms with Crippen LogP contribution in [0.1, 0.15) is 32.8 Å². The first-order valence-corrected chi connectivity index (χ1v) is 8.22. The molecule has 23 heavy (non-hydrogen) atoms. The Labute approximate surface area is 146 Å². The van der Waals surface area contributed by atoms with Crippen LogP contribution in [0.5, 0.6) is 0 Å². The highest BCUT2D eigenvalue weighted by Crippen LogP contribution is 2.27. The average molecular weight is 340 g/mol. The fraction of sp³-hybridized carbons (Fsp3) is 0.611. The predicted octanol–water partition coefficient (Wildman–Crippen LogP) is 2.52. The number of benzene rings is 1. The van der Waals surface area contributed by atoms with E-state index in [0.29, 0.717) is 13.1 Å². The molecule has 0 saturated carbocycles. The van der Waals surface area contributed by atoms with E-state index < -0.39 is 0 Å². The Morgan fingerprint density at radius 1 is 1.35 bits per heavy atom. The molecular formula is C18H30ClN3O. The highest BCUT2D eigenvalue weighted by molar-refractivity contribution is 5.85. The zero-order chi connectivity index (χ0) is 16.2. The molecule has 0 radical (unpaired) electrons. The van der Waals surface area contributed by atoms with Crippen molar-refractivity contribution in [1.29, 1.82) is 0 Å². The van der Waals surface area contributed by atoms with Crippen molar-refractivity contribution in [2.75, 3.05) is 26.2 Å². The molecule has 1 aliphatic heterocycles. The smallest absolute Gasteiger partial charge is 0.237 e. The van der Waals surface area contributed by atoms with E-state index in [1.54, 1.807) is 0 Å². The van der Waals surface area contributed by atoms with E-state index in [9.17, 15) is 4.79 Å². The van der Waals surface area contributed by atoms with Gasteiger partial charge in [0.25, 0.3) is 0 Å². The normalized spacial score (nSPS) is 20.6. The van der Waals surface area contributed by atoms with Gasteiger partial charge in [0, 0.05) is 32.2 Å². The number of amides is 1. The van der Waals surface area contributed by atoms with Crippen LogP contribution in [0.3, 0.4) is 0 Å². The number of likely N-dealkylation sites (N-methyl/N-ethyl adjacent to an activating group) is 1. The van der Waals surface area contributed by atoms with Crippen molar-refractivity contribution >= 4 is 18.3 Å². The van der Waals surface area contributed by atoms with Crippen LogP contribution in [0, 0.1) is 5.41 Å². The maximum Gasteiger partial charge on any atom is 0.237 e. The van der Waals surface area contributed by atoms with Gasteiger partial charge in [-0.15, -0.1) is 12.4 Å². The van der Waals surface area contributed by atoms with Crippen LogP contribution in [0.15, 0.2) is 30.3 Å². The van der Waals surface area contributed by atoms with Gasteiger partial charge in [-0.25, -0.2) is 0 Å². The van der Waals surface area contributed by atoms with Gasteiger partial charge < -0.3 is 10.6 Å². The number of nitrogens with two attached hydrogens (primary N) is 1. The zero-order valence-corrected chi connectivity index (χ0v) is 15.3. The van der Waals surface area contributed by atoms with Gasteiger partial charge in [0.1, 0.15) is 0 Å². The third-order valence-electron chi connectivity index (χ3n) is 4.70. The summed E-state index contributed by atoms with van der Waals surface area (Å²) in [5.41, 5.74) is 7.43. The van der Waals surface area contributed by atoms with Gasteiger partial charge >= 0.3 is 0 Å². The topological polar surface area (TPSA) is 49.6 Å². The van der Waals surface area contributed by atoms with Crippen molar-refractivity contribution in [2.45, 2.75) is 39.8 Å². The minimum absolute atomic E-state index is 0. The highest BCUT2D eigenvalue weighted by atomic mass is 35.5. The molecule has 1 atom stereocenters. The molecule has 1 amide bonds. The van der Waals surface area contributed by atoms with Crippen LogP contribution in [-0.2, 0) is 11.3 Å². The summed E-state index contributed by atoms with van der Waals surface area (Å²) in [5, 5.41) is 0. The number of carbonyl (C=O) groups is 1. The van der Waals surface area contributed by atoms with Crippen LogP contribution in [0.25, 0.3) is 0 Å². The number of likely N-dealkylation sites (tertiary alicyclic amines) is 1. The van der Waals surface area contributed by atoms with E-state index in [1.165, 1.54) is 5.56 Å². The lowest BCUT2D eigenvalue weighted by atomic mass is 9.80. The molecule has 1 heterocycles. The molecule has 4 nitrogen and oxygen atoms in total. The van der Waals surface area contributed by atoms with Crippen LogP contribution in [0.4, 0.5) is 0 Å². The minimum Gasteiger partial charge on any atom is -0.338 e. The van der Waals surface area contributed by atoms with Gasteiger partial charge in [0.05, 0.1) is 6.54 Å². The molecule has 1 saturated heterocycles. The first-order valence-electron chi connectivity index (χ1n) is 8.22. The highest BCUT2D eigenvalue weighted by Gasteiger charge is 2.34. The summed E-state index contributed by atoms with van der Waals surface area (Å²) < 4.78 is 0. The Bertz CT molecular complexity index is 492. The van der Waals surface area contributed by atoms with Crippen LogP contribution >= 0.6 is 12.4 Å². The van der Waals surface area contributed by atoms with Crippen molar-refractivity contribution in [3.63, 3.8) is 0 Å². The number of hydrogen-bond acceptors (Lipinski definition) is 3. The molecule has 1 aromatic rings. The number of nitrogens with zero attached hydrogens (tertiary/aromatic N) is 2. The standard InChI is InChI=1S/C18H29N3O.ClH/c1-4-21(12-15-8-6-5-7-9-15)17(22)13-20-11-10-16(19)18(2,3)14-20;/h5-9,16H,4,10-14,19H2,1-3H3;1H. The van der Waals surface area contributed by atoms with Crippen LogP contribution in [-0.4, -0.2) is 47.9 Å². The van der Waals surface area contributed by atoms with Crippen molar-refractivity contribution in [2.24, 2.45) is 11.1 Å². The first kappa shape index (κ1) is 19.9. The molecule has 2 rings (SSSR count). The molecule has 0 aliphatic carbocycles. The lowest BCUT2D eigenvalue weighted by molar-refractivity contribution is -0.133. The van der Waals surface area contributed by atoms with Gasteiger partial charge in [-0.1, -0.05) is 44.2 Å². The van der Waals surface area contributed by atoms with Crippen molar-refractivity contribution in [3.8, 4) is 0 Å². The third-order valence-corrected chi connectivity index (χ3v) is 4.70. The summed E-state index contributed by atoms with van der Waals surface area (Å²) in [4.78, 5) is 16.8. The lowest BCUT2D eigenvalue weighted by Crippen LogP contribution is -2.54. The van der Waals surface area contributed by atoms with Crippen LogP contribution in [0.2, 0.25) is 0 Å². The Morgan fingerprint density at radius 2 is 2.00 bits per heavy atom. The number of rotatable bonds is 5. The second-order valence-electron chi connectivity index (χ2n) is 6.99. The summed E-state index contributed by atoms with van der Waals surface area (Å²) >= 11 is 0. The maximum absolute atomic E-state index is 12.6. The van der Waals surface area contributed by atoms with Gasteiger partial charge in [0.2, 0.25) is 5.91 Å². The van der Waals surface area contributed by atoms with Gasteiger partial charge in [0.15, 0.2) is 0 Å². The van der Waals surface area contributed by atoms with Gasteiger partial charge in [-0.2, -0.15) is 0 Å². The van der Waals surface area contributed by atoms with Crippen molar-refractivity contribution in [3.05, 3.63) is 35.9 Å². The Hall–Kier alpha value is -1.10. The van der Waals surface area contributed by atoms with E-state index in [1.807, 2.05) is 30.0 Å². The van der Waals surface area contributed by atoms with E-state index in [4.69, 9.17) is 5.73 Å². The summed E-state index contributed by atoms with van der Waals surface area (Å²) in [6.45, 7) is 10.2. The van der Waals surface area contributed by atoms with E-state index in [2.05, 4.69) is 30.9 Å². The number of piperidine rings is 1. The second-order valence-corrected chi connectivity index (χ2v) is 6.99. The quantitative estimate of drug-likeness (QED) is 0.896. The third kappa shape index (κ3) is 5.48. The average Bonchev–Trinajstić information content (AvgIpc) is 2.49. The molecule has 1 unspecified atom stereocenters. The first-order chi connectivity index (χ1) is 10.4. The maximum atomic E-state index is 12.6. The molecule has 5 heteroatoms. The summed E-state index contributed by atoms with van der Waals surface area (Å²) in [6, 6.07) is 10.4. The Kier molecular flexibility index (Phi) is 7.52. The summed E-state index contributed by atoms with van der Waals surface area (Å²) in [6.07, 6.45) is 0.963. The lowest BCUT2D eigenvalue weighted by Gasteiger charge is -2.42. The molecule has 0 aromatic heterocycles. The Balaban J connectivity index is 0.00000264. The zero-order valence-electron chi connectivity index (χ0n) is 14.5. The van der Waals surface area contributed by atoms with E-state index in [-0.39, 0.29) is 29.8 Å². The van der Waals surface area contributed by atoms with Gasteiger partial charge in [-0.3, -0.25) is 9.69 Å². The molecule has 2 N–H and O–H groups in total. The molecular weight excluding hydrogens is 310 g/mol. The predicted molar refractivity (Wildman–Crippen MR) is 97.6 cm³/mol. The molecule has 130 valence electrons. The number of hydrogen-bond donors (Lipinski definition) is 1. The minimum atomic E-state index is 0. The van der Waals surface area contributed by atoms with E-state index >= 15 is 0 Å².